The molecule has 0 aromatic heterocycles. The van der Waals surface area contributed by atoms with Gasteiger partial charge in [0, 0.05) is 18.1 Å². The highest BCUT2D eigenvalue weighted by Crippen LogP contribution is 1.98. The molecule has 1 heterocycles. The van der Waals surface area contributed by atoms with Gasteiger partial charge < -0.3 is 0 Å². The third-order valence-electron chi connectivity index (χ3n) is 1.50. The van der Waals surface area contributed by atoms with Gasteiger partial charge in [0.15, 0.2) is 0 Å². The molecule has 0 aromatic rings. The van der Waals surface area contributed by atoms with Crippen molar-refractivity contribution in [2.45, 2.75) is 18.5 Å². The van der Waals surface area contributed by atoms with E-state index in [9.17, 15) is 0 Å². The van der Waals surface area contributed by atoms with Gasteiger partial charge >= 0.3 is 0 Å². The van der Waals surface area contributed by atoms with Crippen LogP contribution in [0.15, 0.2) is 0 Å². The normalized spacial score (nSPS) is 36.0. The predicted molar refractivity (Wildman–Crippen MR) is 39.9 cm³/mol. The molecule has 0 aliphatic carbocycles. The van der Waals surface area contributed by atoms with Crippen molar-refractivity contribution in [3.05, 3.63) is 0 Å². The lowest BCUT2D eigenvalue weighted by molar-refractivity contribution is 1.07. The Balaban J connectivity index is 2.00. The highest BCUT2D eigenvalue weighted by atomic mass is 29.5. The highest BCUT2D eigenvalue weighted by Gasteiger charge is 1.97. The summed E-state index contributed by atoms with van der Waals surface area (Å²) in [5.74, 6) is 0. The summed E-state index contributed by atoms with van der Waals surface area (Å²) in [6.07, 6.45) is 1.66. The lowest BCUT2D eigenvalue weighted by Crippen LogP contribution is -2.16. The Labute approximate surface area is 45.8 Å². The van der Waals surface area contributed by atoms with E-state index in [1.807, 2.05) is 0 Å². The van der Waals surface area contributed by atoms with Gasteiger partial charge in [0.05, 0.1) is 0 Å². The second-order valence-corrected chi connectivity index (χ2v) is 18.4. The highest BCUT2D eigenvalue weighted by molar-refractivity contribution is 7.29. The zero-order valence-corrected chi connectivity index (χ0v) is 8.49. The van der Waals surface area contributed by atoms with Crippen LogP contribution in [0.25, 0.3) is 0 Å². The van der Waals surface area contributed by atoms with Crippen molar-refractivity contribution < 1.29 is 0 Å². The Kier molecular flexibility index (Phi) is 2.21. The summed E-state index contributed by atoms with van der Waals surface area (Å²) in [5.41, 5.74) is 0. The van der Waals surface area contributed by atoms with Crippen LogP contribution in [-0.4, -0.2) is 26.6 Å². The first-order chi connectivity index (χ1) is 3.00. The second-order valence-electron chi connectivity index (χ2n) is 2.12. The minimum absolute atomic E-state index is 0.709. The molecule has 0 nitrogen and oxygen atoms in total. The van der Waals surface area contributed by atoms with E-state index < -0.39 is 0 Å². The maximum Gasteiger partial charge on any atom is 0.00492 e. The van der Waals surface area contributed by atoms with E-state index in [0.717, 1.165) is 8.55 Å². The summed E-state index contributed by atoms with van der Waals surface area (Å²) in [4.78, 5) is 0. The molecule has 0 unspecified atom stereocenters. The van der Waals surface area contributed by atoms with Crippen molar-refractivity contribution in [2.24, 2.45) is 0 Å². The molecule has 1 aliphatic rings. The molecule has 0 bridgehead atoms. The smallest absolute Gasteiger partial charge is 0.00492 e. The maximum atomic E-state index is 1.74. The third kappa shape index (κ3) is 1.40. The summed E-state index contributed by atoms with van der Waals surface area (Å²) < 4.78 is 0. The molecule has 0 amide bonds. The van der Waals surface area contributed by atoms with Gasteiger partial charge in [-0.05, 0) is 8.55 Å². The fourth-order valence-corrected chi connectivity index (χ4v) is 19.1. The quantitative estimate of drug-likeness (QED) is 0.354. The van der Waals surface area contributed by atoms with E-state index in [1.165, 1.54) is 0 Å². The number of hydrogen-bond donors (Lipinski definition) is 0. The van der Waals surface area contributed by atoms with Crippen LogP contribution in [0.3, 0.4) is 0 Å². The molecule has 0 spiro atoms. The Bertz CT molecular complexity index is 21.5. The fourth-order valence-electron chi connectivity index (χ4n) is 1.06. The van der Waals surface area contributed by atoms with Crippen molar-refractivity contribution in [3.63, 3.8) is 0 Å². The van der Waals surface area contributed by atoms with Gasteiger partial charge in [-0.1, -0.05) is 18.5 Å². The SMILES string of the molecule is C1C[SiH2][SiH2][SiH2]C1. The molecule has 0 aromatic carbocycles. The van der Waals surface area contributed by atoms with E-state index in [1.54, 1.807) is 18.5 Å². The summed E-state index contributed by atoms with van der Waals surface area (Å²) in [6, 6.07) is 3.47. The van der Waals surface area contributed by atoms with Crippen LogP contribution in [0, 0.1) is 0 Å². The molecule has 1 rings (SSSR count). The van der Waals surface area contributed by atoms with Gasteiger partial charge in [-0.15, -0.1) is 0 Å². The lowest BCUT2D eigenvalue weighted by Gasteiger charge is -2.03. The average molecular weight is 132 g/mol. The molecular formula is C3H12Si3. The zero-order valence-electron chi connectivity index (χ0n) is 4.24. The molecule has 0 radical (unpaired) electrons. The molecule has 0 N–H and O–H groups in total. The maximum absolute atomic E-state index is 1.74. The van der Waals surface area contributed by atoms with Gasteiger partial charge in [0.25, 0.3) is 0 Å². The van der Waals surface area contributed by atoms with Gasteiger partial charge in [0.2, 0.25) is 0 Å². The minimum Gasteiger partial charge on any atom is -0.0657 e. The van der Waals surface area contributed by atoms with E-state index in [-0.39, 0.29) is 0 Å². The average Bonchev–Trinajstić information content (AvgIpc) is 1.72. The molecule has 3 heteroatoms. The Hall–Kier alpha value is 0.651. The van der Waals surface area contributed by atoms with Crippen molar-refractivity contribution in [2.75, 3.05) is 0 Å². The topological polar surface area (TPSA) is 0 Å². The third-order valence-corrected chi connectivity index (χ3v) is 19.5. The Morgan fingerprint density at radius 3 is 1.83 bits per heavy atom. The van der Waals surface area contributed by atoms with Crippen molar-refractivity contribution in [1.82, 2.24) is 0 Å². The fraction of sp³-hybridized carbons (Fsp3) is 1.00. The molecule has 6 heavy (non-hydrogen) atoms. The van der Waals surface area contributed by atoms with E-state index in [4.69, 9.17) is 0 Å². The molecule has 1 aliphatic heterocycles. The summed E-state index contributed by atoms with van der Waals surface area (Å²) in [6.45, 7) is 0. The van der Waals surface area contributed by atoms with Crippen LogP contribution >= 0.6 is 0 Å². The molecular weight excluding hydrogens is 120 g/mol. The largest absolute Gasteiger partial charge is 0.0657 e. The minimum atomic E-state index is 0.709. The lowest BCUT2D eigenvalue weighted by atomic mass is 10.6. The van der Waals surface area contributed by atoms with E-state index >= 15 is 0 Å². The Morgan fingerprint density at radius 1 is 1.00 bits per heavy atom. The second kappa shape index (κ2) is 2.76. The first kappa shape index (κ1) is 4.80. The van der Waals surface area contributed by atoms with Crippen molar-refractivity contribution in [1.29, 1.82) is 0 Å². The summed E-state index contributed by atoms with van der Waals surface area (Å²) >= 11 is 0. The van der Waals surface area contributed by atoms with Crippen molar-refractivity contribution >= 4 is 26.6 Å². The molecule has 1 fully saturated rings. The summed E-state index contributed by atoms with van der Waals surface area (Å²) in [7, 11) is 2.20. The van der Waals surface area contributed by atoms with Crippen LogP contribution in [0.4, 0.5) is 0 Å². The first-order valence-corrected chi connectivity index (χ1v) is 13.0. The van der Waals surface area contributed by atoms with Gasteiger partial charge in [-0.2, -0.15) is 0 Å². The zero-order chi connectivity index (χ0) is 4.24. The van der Waals surface area contributed by atoms with Gasteiger partial charge in [-0.25, -0.2) is 0 Å². The van der Waals surface area contributed by atoms with Crippen LogP contribution in [0.2, 0.25) is 12.1 Å². The van der Waals surface area contributed by atoms with Crippen LogP contribution in [0.5, 0.6) is 0 Å². The monoisotopic (exact) mass is 132 g/mol. The molecule has 1 saturated heterocycles. The van der Waals surface area contributed by atoms with Gasteiger partial charge in [-0.3, -0.25) is 0 Å². The number of hydrogen-bond acceptors (Lipinski definition) is 0. The van der Waals surface area contributed by atoms with Crippen LogP contribution in [0.1, 0.15) is 6.42 Å². The van der Waals surface area contributed by atoms with Crippen LogP contribution < -0.4 is 0 Å². The number of rotatable bonds is 0. The summed E-state index contributed by atoms with van der Waals surface area (Å²) in [5, 5.41) is 0. The first-order valence-electron chi connectivity index (χ1n) is 3.00. The predicted octanol–water partition coefficient (Wildman–Crippen LogP) is -1.44. The Morgan fingerprint density at radius 2 is 1.67 bits per heavy atom. The molecule has 36 valence electrons. The standard InChI is InChI=1S/C3H12Si3/c1-2-4-6-5-3-1/h1-6H2. The van der Waals surface area contributed by atoms with Crippen molar-refractivity contribution in [3.8, 4) is 0 Å². The van der Waals surface area contributed by atoms with Gasteiger partial charge in [0.1, 0.15) is 0 Å². The molecule has 0 atom stereocenters. The van der Waals surface area contributed by atoms with E-state index in [0.29, 0.717) is 18.1 Å². The molecule has 0 saturated carbocycles. The van der Waals surface area contributed by atoms with E-state index in [2.05, 4.69) is 0 Å². The van der Waals surface area contributed by atoms with Crippen LogP contribution in [-0.2, 0) is 0 Å².